The number of aliphatic carboxylic acids is 1. The zero-order valence-electron chi connectivity index (χ0n) is 33.8. The predicted octanol–water partition coefficient (Wildman–Crippen LogP) is 10.9. The molecule has 0 amide bonds. The molecule has 298 valence electrons. The molecule has 0 spiro atoms. The number of likely N-dealkylation sites (N-methyl/N-ethyl adjacent to an activating group) is 1. The average Bonchev–Trinajstić information content (AvgIpc) is 3.08. The lowest BCUT2D eigenvalue weighted by Crippen LogP contribution is -2.50. The topological polar surface area (TPSA) is 99.1 Å². The molecular weight excluding hydrogens is 642 g/mol. The molecule has 2 unspecified atom stereocenters. The van der Waals surface area contributed by atoms with Crippen molar-refractivity contribution in [2.75, 3.05) is 41.0 Å². The van der Waals surface area contributed by atoms with E-state index in [0.29, 0.717) is 19.3 Å². The van der Waals surface area contributed by atoms with Gasteiger partial charge in [0.15, 0.2) is 12.1 Å². The van der Waals surface area contributed by atoms with Crippen LogP contribution in [0.5, 0.6) is 0 Å². The molecule has 0 fully saturated rings. The van der Waals surface area contributed by atoms with Crippen molar-refractivity contribution < 1.29 is 38.2 Å². The second kappa shape index (κ2) is 34.9. The molecule has 1 N–H and O–H groups in total. The highest BCUT2D eigenvalue weighted by atomic mass is 16.6. The monoisotopic (exact) mass is 723 g/mol. The molecule has 0 bridgehead atoms. The molecule has 0 saturated heterocycles. The Kier molecular flexibility index (Phi) is 33.4. The summed E-state index contributed by atoms with van der Waals surface area (Å²) in [5.74, 6) is -1.49. The summed E-state index contributed by atoms with van der Waals surface area (Å²) >= 11 is 0. The Morgan fingerprint density at radius 3 is 1.53 bits per heavy atom. The van der Waals surface area contributed by atoms with Crippen LogP contribution in [-0.4, -0.2) is 80.6 Å². The molecule has 51 heavy (non-hydrogen) atoms. The average molecular weight is 723 g/mol. The molecular formula is C43H80NO7+. The first kappa shape index (κ1) is 48.8. The maximum atomic E-state index is 12.6. The molecule has 0 aromatic heterocycles. The number of quaternary nitrogens is 1. The Labute approximate surface area is 313 Å². The molecule has 0 aliphatic rings. The Bertz CT molecular complexity index is 895. The van der Waals surface area contributed by atoms with E-state index in [9.17, 15) is 19.5 Å². The summed E-state index contributed by atoms with van der Waals surface area (Å²) in [6.07, 6.45) is 37.1. The molecule has 0 heterocycles. The van der Waals surface area contributed by atoms with Crippen molar-refractivity contribution in [2.24, 2.45) is 0 Å². The van der Waals surface area contributed by atoms with Gasteiger partial charge in [-0.15, -0.1) is 0 Å². The van der Waals surface area contributed by atoms with E-state index in [1.54, 1.807) is 0 Å². The van der Waals surface area contributed by atoms with Crippen LogP contribution >= 0.6 is 0 Å². The Morgan fingerprint density at radius 2 is 1.04 bits per heavy atom. The van der Waals surface area contributed by atoms with Crippen LogP contribution in [0.15, 0.2) is 24.3 Å². The summed E-state index contributed by atoms with van der Waals surface area (Å²) < 4.78 is 17.1. The standard InChI is InChI=1S/C43H79NO7/c1-6-8-10-12-13-14-15-16-17-18-19-20-21-22-23-24-25-26-27-28-29-30-32-34-42(46)51-39(38-50-41(45)33-31-11-9-7-2)37-49-36-35-40(43(47)48)44(3,4)5/h15-16,18-19,39-40H,6-14,17,20-38H2,1-5H3/p+1/b16-15-,19-18-. The van der Waals surface area contributed by atoms with Gasteiger partial charge < -0.3 is 23.8 Å². The number of allylic oxidation sites excluding steroid dienone is 4. The van der Waals surface area contributed by atoms with E-state index in [-0.39, 0.29) is 36.2 Å². The van der Waals surface area contributed by atoms with Gasteiger partial charge in [0.25, 0.3) is 0 Å². The third kappa shape index (κ3) is 33.4. The van der Waals surface area contributed by atoms with Crippen LogP contribution in [0.2, 0.25) is 0 Å². The van der Waals surface area contributed by atoms with E-state index in [2.05, 4.69) is 38.2 Å². The normalized spacial score (nSPS) is 13.2. The van der Waals surface area contributed by atoms with Crippen LogP contribution in [-0.2, 0) is 28.6 Å². The van der Waals surface area contributed by atoms with Crippen molar-refractivity contribution in [3.05, 3.63) is 24.3 Å². The Balaban J connectivity index is 4.06. The number of carboxylic acid groups (broad SMARTS) is 1. The fraction of sp³-hybridized carbons (Fsp3) is 0.837. The van der Waals surface area contributed by atoms with Gasteiger partial charge in [0, 0.05) is 19.3 Å². The van der Waals surface area contributed by atoms with Crippen molar-refractivity contribution in [3.63, 3.8) is 0 Å². The summed E-state index contributed by atoms with van der Waals surface area (Å²) in [7, 11) is 5.51. The van der Waals surface area contributed by atoms with Gasteiger partial charge in [-0.3, -0.25) is 9.59 Å². The first-order valence-electron chi connectivity index (χ1n) is 20.9. The lowest BCUT2D eigenvalue weighted by Gasteiger charge is -2.31. The molecule has 8 heteroatoms. The third-order valence-corrected chi connectivity index (χ3v) is 9.35. The van der Waals surface area contributed by atoms with Crippen molar-refractivity contribution in [2.45, 2.75) is 193 Å². The molecule has 0 aliphatic heterocycles. The van der Waals surface area contributed by atoms with E-state index >= 15 is 0 Å². The van der Waals surface area contributed by atoms with Crippen molar-refractivity contribution in [1.29, 1.82) is 0 Å². The van der Waals surface area contributed by atoms with Crippen LogP contribution in [0.4, 0.5) is 0 Å². The van der Waals surface area contributed by atoms with E-state index < -0.39 is 18.1 Å². The number of nitrogens with zero attached hydrogens (tertiary/aromatic N) is 1. The smallest absolute Gasteiger partial charge is 0.362 e. The van der Waals surface area contributed by atoms with Gasteiger partial charge in [-0.2, -0.15) is 0 Å². The minimum atomic E-state index is -0.877. The Hall–Kier alpha value is -2.19. The SMILES string of the molecule is CCCCCCC/C=C\C/C=C\CCCCCCCCCCCCCC(=O)OC(COCCC(C(=O)O)[N+](C)(C)C)COC(=O)CCCCCC. The van der Waals surface area contributed by atoms with Gasteiger partial charge in [0.05, 0.1) is 34.4 Å². The van der Waals surface area contributed by atoms with Crippen LogP contribution in [0.25, 0.3) is 0 Å². The van der Waals surface area contributed by atoms with E-state index in [1.807, 2.05) is 21.1 Å². The van der Waals surface area contributed by atoms with Crippen molar-refractivity contribution in [3.8, 4) is 0 Å². The summed E-state index contributed by atoms with van der Waals surface area (Å²) in [5, 5.41) is 9.55. The number of carbonyl (C=O) groups excluding carboxylic acids is 2. The van der Waals surface area contributed by atoms with Crippen molar-refractivity contribution >= 4 is 17.9 Å². The molecule has 2 atom stereocenters. The highest BCUT2D eigenvalue weighted by molar-refractivity contribution is 5.72. The lowest BCUT2D eigenvalue weighted by molar-refractivity contribution is -0.887. The van der Waals surface area contributed by atoms with Crippen LogP contribution in [0.3, 0.4) is 0 Å². The zero-order valence-corrected chi connectivity index (χ0v) is 33.8. The first-order valence-corrected chi connectivity index (χ1v) is 20.9. The molecule has 0 aromatic carbocycles. The summed E-state index contributed by atoms with van der Waals surface area (Å²) in [5.41, 5.74) is 0. The number of ether oxygens (including phenoxy) is 3. The van der Waals surface area contributed by atoms with Gasteiger partial charge in [-0.05, 0) is 44.9 Å². The summed E-state index contributed by atoms with van der Waals surface area (Å²) in [6.45, 7) is 4.61. The molecule has 0 saturated carbocycles. The van der Waals surface area contributed by atoms with Gasteiger partial charge in [0.1, 0.15) is 6.61 Å². The molecule has 0 radical (unpaired) electrons. The number of hydrogen-bond donors (Lipinski definition) is 1. The number of carbonyl (C=O) groups is 3. The third-order valence-electron chi connectivity index (χ3n) is 9.35. The van der Waals surface area contributed by atoms with Gasteiger partial charge >= 0.3 is 17.9 Å². The number of hydrogen-bond acceptors (Lipinski definition) is 6. The van der Waals surface area contributed by atoms with Crippen molar-refractivity contribution in [1.82, 2.24) is 0 Å². The molecule has 0 aliphatic carbocycles. The number of esters is 2. The van der Waals surface area contributed by atoms with E-state index in [4.69, 9.17) is 14.2 Å². The van der Waals surface area contributed by atoms with E-state index in [0.717, 1.165) is 51.4 Å². The molecule has 8 nitrogen and oxygen atoms in total. The quantitative estimate of drug-likeness (QED) is 0.0295. The number of carboxylic acids is 1. The largest absolute Gasteiger partial charge is 0.477 e. The highest BCUT2D eigenvalue weighted by Crippen LogP contribution is 2.14. The predicted molar refractivity (Wildman–Crippen MR) is 211 cm³/mol. The minimum Gasteiger partial charge on any atom is -0.477 e. The van der Waals surface area contributed by atoms with E-state index in [1.165, 1.54) is 96.3 Å². The number of unbranched alkanes of at least 4 members (excludes halogenated alkanes) is 19. The van der Waals surface area contributed by atoms with Gasteiger partial charge in [-0.1, -0.05) is 141 Å². The first-order chi connectivity index (χ1) is 24.6. The highest BCUT2D eigenvalue weighted by Gasteiger charge is 2.31. The maximum Gasteiger partial charge on any atom is 0.362 e. The molecule has 0 rings (SSSR count). The summed E-state index contributed by atoms with van der Waals surface area (Å²) in [4.78, 5) is 36.5. The molecule has 0 aromatic rings. The maximum absolute atomic E-state index is 12.6. The van der Waals surface area contributed by atoms with Crippen LogP contribution in [0, 0.1) is 0 Å². The fourth-order valence-corrected chi connectivity index (χ4v) is 6.06. The minimum absolute atomic E-state index is 0.0513. The van der Waals surface area contributed by atoms with Crippen LogP contribution in [0.1, 0.15) is 181 Å². The Morgan fingerprint density at radius 1 is 0.588 bits per heavy atom. The second-order valence-electron chi connectivity index (χ2n) is 15.2. The van der Waals surface area contributed by atoms with Crippen LogP contribution < -0.4 is 0 Å². The summed E-state index contributed by atoms with van der Waals surface area (Å²) in [6, 6.07) is -0.609. The number of rotatable bonds is 37. The second-order valence-corrected chi connectivity index (χ2v) is 15.2. The van der Waals surface area contributed by atoms with Gasteiger partial charge in [0.2, 0.25) is 0 Å². The van der Waals surface area contributed by atoms with Gasteiger partial charge in [-0.25, -0.2) is 4.79 Å². The lowest BCUT2D eigenvalue weighted by atomic mass is 10.0. The fourth-order valence-electron chi connectivity index (χ4n) is 6.06. The zero-order chi connectivity index (χ0) is 37.8.